The molecule has 1 aromatic heterocycles. The lowest BCUT2D eigenvalue weighted by molar-refractivity contribution is -0.0698. The molecule has 156 valence electrons. The van der Waals surface area contributed by atoms with E-state index in [-0.39, 0.29) is 10.4 Å². The van der Waals surface area contributed by atoms with E-state index in [0.29, 0.717) is 17.6 Å². The third-order valence-electron chi connectivity index (χ3n) is 7.36. The predicted molar refractivity (Wildman–Crippen MR) is 108 cm³/mol. The van der Waals surface area contributed by atoms with Crippen LogP contribution >= 0.6 is 0 Å². The first-order chi connectivity index (χ1) is 13.7. The van der Waals surface area contributed by atoms with Gasteiger partial charge in [-0.2, -0.15) is 5.10 Å². The Labute approximate surface area is 171 Å². The van der Waals surface area contributed by atoms with E-state index in [1.165, 1.54) is 13.5 Å². The van der Waals surface area contributed by atoms with Gasteiger partial charge in [0.1, 0.15) is 23.3 Å². The zero-order chi connectivity index (χ0) is 20.4. The Morgan fingerprint density at radius 2 is 1.83 bits per heavy atom. The van der Waals surface area contributed by atoms with Crippen LogP contribution in [0, 0.1) is 25.7 Å². The number of methoxy groups -OCH3 is 1. The van der Waals surface area contributed by atoms with Gasteiger partial charge in [-0.3, -0.25) is 0 Å². The van der Waals surface area contributed by atoms with Crippen LogP contribution < -0.4 is 9.46 Å². The van der Waals surface area contributed by atoms with E-state index in [1.807, 2.05) is 18.5 Å². The van der Waals surface area contributed by atoms with Crippen molar-refractivity contribution in [3.63, 3.8) is 0 Å². The van der Waals surface area contributed by atoms with Crippen molar-refractivity contribution in [2.75, 3.05) is 7.11 Å². The summed E-state index contributed by atoms with van der Waals surface area (Å²) in [5.74, 6) is 1.44. The Bertz CT molecular complexity index is 1030. The monoisotopic (exact) mass is 416 g/mol. The van der Waals surface area contributed by atoms with Gasteiger partial charge >= 0.3 is 0 Å². The van der Waals surface area contributed by atoms with Crippen molar-refractivity contribution in [3.8, 4) is 5.75 Å². The molecule has 1 heterocycles. The van der Waals surface area contributed by atoms with Gasteiger partial charge in [0, 0.05) is 5.54 Å². The highest BCUT2D eigenvalue weighted by atomic mass is 32.2. The molecule has 2 unspecified atom stereocenters. The lowest BCUT2D eigenvalue weighted by atomic mass is 9.50. The highest BCUT2D eigenvalue weighted by molar-refractivity contribution is 7.89. The molecular weight excluding hydrogens is 388 g/mol. The molecule has 4 bridgehead atoms. The van der Waals surface area contributed by atoms with Gasteiger partial charge in [-0.15, -0.1) is 0 Å². The first kappa shape index (κ1) is 19.1. The van der Waals surface area contributed by atoms with Crippen molar-refractivity contribution >= 4 is 10.0 Å². The lowest BCUT2D eigenvalue weighted by Gasteiger charge is -2.61. The molecule has 0 spiro atoms. The molecular formula is C21H28N4O3S. The van der Waals surface area contributed by atoms with Crippen LogP contribution in [0.15, 0.2) is 29.7 Å². The second-order valence-electron chi connectivity index (χ2n) is 9.50. The minimum atomic E-state index is -3.72. The normalized spacial score (nSPS) is 33.2. The Morgan fingerprint density at radius 3 is 2.45 bits per heavy atom. The molecule has 4 aliphatic carbocycles. The zero-order valence-corrected chi connectivity index (χ0v) is 18.0. The highest BCUT2D eigenvalue weighted by Gasteiger charge is 2.60. The first-order valence-electron chi connectivity index (χ1n) is 10.3. The van der Waals surface area contributed by atoms with Gasteiger partial charge < -0.3 is 4.74 Å². The molecule has 0 amide bonds. The number of rotatable bonds is 5. The second-order valence-corrected chi connectivity index (χ2v) is 11.1. The number of nitrogens with one attached hydrogen (secondary N) is 1. The first-order valence-corrected chi connectivity index (χ1v) is 11.8. The molecule has 2 aromatic rings. The van der Waals surface area contributed by atoms with E-state index in [1.54, 1.807) is 24.8 Å². The third kappa shape index (κ3) is 2.99. The molecule has 4 saturated carbocycles. The maximum atomic E-state index is 13.5. The average Bonchev–Trinajstić information content (AvgIpc) is 3.17. The van der Waals surface area contributed by atoms with E-state index in [2.05, 4.69) is 14.8 Å². The molecule has 6 rings (SSSR count). The van der Waals surface area contributed by atoms with Crippen molar-refractivity contribution < 1.29 is 13.2 Å². The number of benzene rings is 1. The standard InChI is InChI=1S/C21H28N4O3S/c1-14-4-18(28-3)19(5-15(14)2)29(26,27)24-20-7-16-6-17(8-20)10-21(9-16,11-20)25-13-22-12-23-25/h4-5,12-13,16-17,24H,6-11H2,1-3H3. The Balaban J connectivity index is 1.53. The van der Waals surface area contributed by atoms with Gasteiger partial charge in [0.05, 0.1) is 12.6 Å². The zero-order valence-electron chi connectivity index (χ0n) is 17.2. The molecule has 0 saturated heterocycles. The molecule has 29 heavy (non-hydrogen) atoms. The van der Waals surface area contributed by atoms with Crippen molar-refractivity contribution in [1.29, 1.82) is 0 Å². The van der Waals surface area contributed by atoms with Gasteiger partial charge in [0.25, 0.3) is 0 Å². The number of aryl methyl sites for hydroxylation is 2. The highest BCUT2D eigenvalue weighted by Crippen LogP contribution is 2.60. The quantitative estimate of drug-likeness (QED) is 0.810. The van der Waals surface area contributed by atoms with Crippen LogP contribution in [0.2, 0.25) is 0 Å². The van der Waals surface area contributed by atoms with E-state index < -0.39 is 15.6 Å². The topological polar surface area (TPSA) is 86.1 Å². The summed E-state index contributed by atoms with van der Waals surface area (Å²) >= 11 is 0. The summed E-state index contributed by atoms with van der Waals surface area (Å²) in [6, 6.07) is 3.53. The lowest BCUT2D eigenvalue weighted by Crippen LogP contribution is -2.65. The smallest absolute Gasteiger partial charge is 0.244 e. The van der Waals surface area contributed by atoms with Crippen LogP contribution in [-0.2, 0) is 15.6 Å². The van der Waals surface area contributed by atoms with E-state index >= 15 is 0 Å². The maximum absolute atomic E-state index is 13.5. The number of nitrogens with zero attached hydrogens (tertiary/aromatic N) is 3. The van der Waals surface area contributed by atoms with Crippen molar-refractivity contribution in [1.82, 2.24) is 19.5 Å². The molecule has 8 heteroatoms. The molecule has 1 N–H and O–H groups in total. The van der Waals surface area contributed by atoms with Crippen molar-refractivity contribution in [3.05, 3.63) is 35.9 Å². The number of hydrogen-bond donors (Lipinski definition) is 1. The summed E-state index contributed by atoms with van der Waals surface area (Å²) in [5, 5.41) is 4.45. The van der Waals surface area contributed by atoms with E-state index in [0.717, 1.165) is 43.2 Å². The number of hydrogen-bond acceptors (Lipinski definition) is 5. The molecule has 7 nitrogen and oxygen atoms in total. The molecule has 2 atom stereocenters. The molecule has 0 aliphatic heterocycles. The van der Waals surface area contributed by atoms with Gasteiger partial charge in [-0.25, -0.2) is 22.8 Å². The molecule has 0 radical (unpaired) electrons. The second kappa shape index (κ2) is 6.28. The fourth-order valence-electron chi connectivity index (χ4n) is 6.53. The van der Waals surface area contributed by atoms with Crippen LogP contribution in [0.3, 0.4) is 0 Å². The predicted octanol–water partition coefficient (Wildman–Crippen LogP) is 2.93. The SMILES string of the molecule is COc1cc(C)c(C)cc1S(=O)(=O)NC12CC3CC(C1)CC(n1cncn1)(C3)C2. The fourth-order valence-corrected chi connectivity index (χ4v) is 8.19. The molecule has 4 fully saturated rings. The summed E-state index contributed by atoms with van der Waals surface area (Å²) in [6.07, 6.45) is 9.23. The van der Waals surface area contributed by atoms with Crippen LogP contribution in [0.5, 0.6) is 5.75 Å². The Kier molecular flexibility index (Phi) is 4.13. The largest absolute Gasteiger partial charge is 0.495 e. The Morgan fingerprint density at radius 1 is 1.14 bits per heavy atom. The van der Waals surface area contributed by atoms with E-state index in [9.17, 15) is 8.42 Å². The van der Waals surface area contributed by atoms with Gasteiger partial charge in [0.2, 0.25) is 10.0 Å². The third-order valence-corrected chi connectivity index (χ3v) is 8.96. The summed E-state index contributed by atoms with van der Waals surface area (Å²) in [6.45, 7) is 3.89. The summed E-state index contributed by atoms with van der Waals surface area (Å²) in [7, 11) is -2.20. The fraction of sp³-hybridized carbons (Fsp3) is 0.619. The molecule has 1 aromatic carbocycles. The number of sulfonamides is 1. The summed E-state index contributed by atoms with van der Waals surface area (Å²) < 4.78 is 37.6. The van der Waals surface area contributed by atoms with Gasteiger partial charge in [-0.05, 0) is 87.5 Å². The van der Waals surface area contributed by atoms with Gasteiger partial charge in [0.15, 0.2) is 0 Å². The maximum Gasteiger partial charge on any atom is 0.244 e. The minimum Gasteiger partial charge on any atom is -0.495 e. The summed E-state index contributed by atoms with van der Waals surface area (Å²) in [5.41, 5.74) is 1.39. The van der Waals surface area contributed by atoms with Crippen LogP contribution in [-0.4, -0.2) is 35.8 Å². The number of aromatic nitrogens is 3. The average molecular weight is 417 g/mol. The minimum absolute atomic E-state index is 0.129. The van der Waals surface area contributed by atoms with Crippen LogP contribution in [0.1, 0.15) is 49.7 Å². The van der Waals surface area contributed by atoms with E-state index in [4.69, 9.17) is 4.74 Å². The number of ether oxygens (including phenoxy) is 1. The van der Waals surface area contributed by atoms with Crippen LogP contribution in [0.25, 0.3) is 0 Å². The Hall–Kier alpha value is -1.93. The van der Waals surface area contributed by atoms with Crippen molar-refractivity contribution in [2.24, 2.45) is 11.8 Å². The summed E-state index contributed by atoms with van der Waals surface area (Å²) in [4.78, 5) is 4.39. The van der Waals surface area contributed by atoms with Crippen LogP contribution in [0.4, 0.5) is 0 Å². The molecule has 4 aliphatic rings. The van der Waals surface area contributed by atoms with Gasteiger partial charge in [-0.1, -0.05) is 0 Å². The van der Waals surface area contributed by atoms with Crippen molar-refractivity contribution in [2.45, 2.75) is 68.3 Å².